The van der Waals surface area contributed by atoms with E-state index in [4.69, 9.17) is 9.47 Å². The summed E-state index contributed by atoms with van der Waals surface area (Å²) in [7, 11) is 0. The summed E-state index contributed by atoms with van der Waals surface area (Å²) in [5, 5.41) is 0. The summed E-state index contributed by atoms with van der Waals surface area (Å²) in [5.74, 6) is 0.531. The van der Waals surface area contributed by atoms with Crippen molar-refractivity contribution in [3.63, 3.8) is 0 Å². The molecule has 2 unspecified atom stereocenters. The molecule has 1 fully saturated rings. The third-order valence-corrected chi connectivity index (χ3v) is 3.22. The largest absolute Gasteiger partial charge is 0.494 e. The number of hydrogen-bond donors (Lipinski definition) is 0. The molecule has 1 aliphatic heterocycles. The third-order valence-electron chi connectivity index (χ3n) is 3.22. The van der Waals surface area contributed by atoms with Gasteiger partial charge in [-0.25, -0.2) is 0 Å². The fraction of sp³-hybridized carbons (Fsp3) is 0.571. The maximum absolute atomic E-state index is 12.7. The monoisotopic (exact) mass is 274 g/mol. The van der Waals surface area contributed by atoms with Gasteiger partial charge >= 0.3 is 6.18 Å². The summed E-state index contributed by atoms with van der Waals surface area (Å²) in [4.78, 5) is 0. The molecule has 2 nitrogen and oxygen atoms in total. The summed E-state index contributed by atoms with van der Waals surface area (Å²) in [5.41, 5.74) is -0.0323. The topological polar surface area (TPSA) is 21.8 Å². The van der Waals surface area contributed by atoms with Gasteiger partial charge in [-0.15, -0.1) is 0 Å². The van der Waals surface area contributed by atoms with Crippen LogP contribution in [0.5, 0.6) is 5.75 Å². The lowest BCUT2D eigenvalue weighted by atomic mass is 10.0. The highest BCUT2D eigenvalue weighted by Crippen LogP contribution is 2.34. The van der Waals surface area contributed by atoms with Gasteiger partial charge in [0.2, 0.25) is 0 Å². The zero-order valence-corrected chi connectivity index (χ0v) is 11.0. The second-order valence-electron chi connectivity index (χ2n) is 4.67. The molecule has 0 spiro atoms. The summed E-state index contributed by atoms with van der Waals surface area (Å²) in [6.45, 7) is 4.21. The highest BCUT2D eigenvalue weighted by molar-refractivity contribution is 5.38. The van der Waals surface area contributed by atoms with E-state index < -0.39 is 11.7 Å². The minimum Gasteiger partial charge on any atom is -0.494 e. The van der Waals surface area contributed by atoms with Crippen LogP contribution in [-0.4, -0.2) is 18.8 Å². The molecular formula is C14H17F3O2. The summed E-state index contributed by atoms with van der Waals surface area (Å²) in [6.07, 6.45) is -2.66. The third kappa shape index (κ3) is 3.62. The van der Waals surface area contributed by atoms with Gasteiger partial charge in [-0.1, -0.05) is 0 Å². The van der Waals surface area contributed by atoms with Crippen molar-refractivity contribution in [3.05, 3.63) is 29.3 Å². The van der Waals surface area contributed by atoms with Gasteiger partial charge in [0.25, 0.3) is 0 Å². The second kappa shape index (κ2) is 5.41. The molecule has 0 aliphatic carbocycles. The van der Waals surface area contributed by atoms with Crippen molar-refractivity contribution < 1.29 is 22.6 Å². The SMILES string of the molecule is CCOc1ccc(C(F)(F)F)cc1CCC1OC1C. The summed E-state index contributed by atoms with van der Waals surface area (Å²) in [6, 6.07) is 3.64. The molecule has 1 aromatic carbocycles. The number of hydrogen-bond acceptors (Lipinski definition) is 2. The van der Waals surface area contributed by atoms with Crippen LogP contribution in [-0.2, 0) is 17.3 Å². The molecule has 19 heavy (non-hydrogen) atoms. The van der Waals surface area contributed by atoms with Crippen molar-refractivity contribution in [2.24, 2.45) is 0 Å². The van der Waals surface area contributed by atoms with Crippen molar-refractivity contribution in [2.45, 2.75) is 45.1 Å². The van der Waals surface area contributed by atoms with Gasteiger partial charge in [0.05, 0.1) is 24.4 Å². The molecule has 2 rings (SSSR count). The molecule has 0 saturated carbocycles. The van der Waals surface area contributed by atoms with Gasteiger partial charge in [0, 0.05) is 0 Å². The maximum atomic E-state index is 12.7. The molecule has 106 valence electrons. The lowest BCUT2D eigenvalue weighted by Gasteiger charge is -2.13. The average Bonchev–Trinajstić information content (AvgIpc) is 3.03. The Labute approximate surface area is 110 Å². The number of rotatable bonds is 5. The van der Waals surface area contributed by atoms with Gasteiger partial charge in [0.15, 0.2) is 0 Å². The standard InChI is InChI=1S/C14H17F3O2/c1-3-18-13-7-5-11(14(15,16)17)8-10(13)4-6-12-9(2)19-12/h5,7-9,12H,3-4,6H2,1-2H3. The molecule has 0 aromatic heterocycles. The van der Waals surface area contributed by atoms with Crippen LogP contribution in [0.3, 0.4) is 0 Å². The van der Waals surface area contributed by atoms with E-state index in [-0.39, 0.29) is 12.2 Å². The van der Waals surface area contributed by atoms with Gasteiger partial charge in [-0.05, 0) is 50.5 Å². The van der Waals surface area contributed by atoms with Gasteiger partial charge in [-0.2, -0.15) is 13.2 Å². The second-order valence-corrected chi connectivity index (χ2v) is 4.67. The Kier molecular flexibility index (Phi) is 4.04. The molecule has 0 radical (unpaired) electrons. The zero-order chi connectivity index (χ0) is 14.0. The molecular weight excluding hydrogens is 257 g/mol. The van der Waals surface area contributed by atoms with Gasteiger partial charge in [-0.3, -0.25) is 0 Å². The quantitative estimate of drug-likeness (QED) is 0.761. The van der Waals surface area contributed by atoms with E-state index in [0.29, 0.717) is 24.3 Å². The van der Waals surface area contributed by atoms with Crippen molar-refractivity contribution in [1.29, 1.82) is 0 Å². The maximum Gasteiger partial charge on any atom is 0.416 e. The number of alkyl halides is 3. The van der Waals surface area contributed by atoms with E-state index in [1.807, 2.05) is 13.8 Å². The van der Waals surface area contributed by atoms with Crippen molar-refractivity contribution in [1.82, 2.24) is 0 Å². The first kappa shape index (κ1) is 14.2. The number of ether oxygens (including phenoxy) is 2. The van der Waals surface area contributed by atoms with Crippen LogP contribution in [0.1, 0.15) is 31.4 Å². The van der Waals surface area contributed by atoms with E-state index in [0.717, 1.165) is 12.5 Å². The highest BCUT2D eigenvalue weighted by atomic mass is 19.4. The van der Waals surface area contributed by atoms with E-state index in [1.54, 1.807) is 0 Å². The number of epoxide rings is 1. The van der Waals surface area contributed by atoms with Crippen molar-refractivity contribution >= 4 is 0 Å². The Hall–Kier alpha value is -1.23. The number of aryl methyl sites for hydroxylation is 1. The lowest BCUT2D eigenvalue weighted by Crippen LogP contribution is -2.07. The molecule has 1 aliphatic rings. The predicted molar refractivity (Wildman–Crippen MR) is 65.3 cm³/mol. The van der Waals surface area contributed by atoms with Crippen LogP contribution in [0, 0.1) is 0 Å². The first-order valence-electron chi connectivity index (χ1n) is 6.40. The normalized spacial score (nSPS) is 22.4. The van der Waals surface area contributed by atoms with Crippen molar-refractivity contribution in [3.8, 4) is 5.75 Å². The molecule has 1 heterocycles. The van der Waals surface area contributed by atoms with E-state index in [9.17, 15) is 13.2 Å². The average molecular weight is 274 g/mol. The Morgan fingerprint density at radius 2 is 2.00 bits per heavy atom. The molecule has 1 aromatic rings. The Morgan fingerprint density at radius 1 is 1.32 bits per heavy atom. The van der Waals surface area contributed by atoms with Crippen LogP contribution < -0.4 is 4.74 Å². The van der Waals surface area contributed by atoms with Crippen LogP contribution in [0.25, 0.3) is 0 Å². The first-order chi connectivity index (χ1) is 8.91. The summed E-state index contributed by atoms with van der Waals surface area (Å²) < 4.78 is 48.7. The van der Waals surface area contributed by atoms with Gasteiger partial charge < -0.3 is 9.47 Å². The fourth-order valence-corrected chi connectivity index (χ4v) is 2.08. The molecule has 5 heteroatoms. The zero-order valence-electron chi connectivity index (χ0n) is 11.0. The van der Waals surface area contributed by atoms with Crippen LogP contribution in [0.15, 0.2) is 18.2 Å². The predicted octanol–water partition coefficient (Wildman–Crippen LogP) is 3.82. The van der Waals surface area contributed by atoms with Crippen LogP contribution >= 0.6 is 0 Å². The van der Waals surface area contributed by atoms with E-state index in [2.05, 4.69) is 0 Å². The van der Waals surface area contributed by atoms with Gasteiger partial charge in [0.1, 0.15) is 5.75 Å². The molecule has 0 bridgehead atoms. The Morgan fingerprint density at radius 3 is 2.53 bits per heavy atom. The number of halogens is 3. The van der Waals surface area contributed by atoms with Crippen LogP contribution in [0.4, 0.5) is 13.2 Å². The summed E-state index contributed by atoms with van der Waals surface area (Å²) >= 11 is 0. The molecule has 2 atom stereocenters. The highest BCUT2D eigenvalue weighted by Gasteiger charge is 2.34. The smallest absolute Gasteiger partial charge is 0.416 e. The minimum atomic E-state index is -4.32. The Bertz CT molecular complexity index is 443. The fourth-order valence-electron chi connectivity index (χ4n) is 2.08. The Balaban J connectivity index is 2.15. The minimum absolute atomic E-state index is 0.170. The molecule has 0 N–H and O–H groups in total. The van der Waals surface area contributed by atoms with E-state index in [1.165, 1.54) is 12.1 Å². The van der Waals surface area contributed by atoms with Crippen molar-refractivity contribution in [2.75, 3.05) is 6.61 Å². The van der Waals surface area contributed by atoms with E-state index >= 15 is 0 Å². The first-order valence-corrected chi connectivity index (χ1v) is 6.40. The lowest BCUT2D eigenvalue weighted by molar-refractivity contribution is -0.137. The molecule has 1 saturated heterocycles. The number of benzene rings is 1. The van der Waals surface area contributed by atoms with Crippen LogP contribution in [0.2, 0.25) is 0 Å². The molecule has 0 amide bonds.